The van der Waals surface area contributed by atoms with Crippen LogP contribution >= 0.6 is 0 Å². The van der Waals surface area contributed by atoms with Crippen LogP contribution in [-0.2, 0) is 0 Å². The van der Waals surface area contributed by atoms with Gasteiger partial charge in [-0.3, -0.25) is 0 Å². The van der Waals surface area contributed by atoms with Crippen LogP contribution in [0.3, 0.4) is 0 Å². The maximum Gasteiger partial charge on any atom is 0.224 e. The first-order valence-electron chi connectivity index (χ1n) is 6.69. The van der Waals surface area contributed by atoms with E-state index in [9.17, 15) is 0 Å². The van der Waals surface area contributed by atoms with Gasteiger partial charge in [0.05, 0.1) is 0 Å². The van der Waals surface area contributed by atoms with Gasteiger partial charge in [0.2, 0.25) is 5.95 Å². The van der Waals surface area contributed by atoms with Crippen molar-refractivity contribution in [3.05, 3.63) is 12.3 Å². The van der Waals surface area contributed by atoms with Crippen LogP contribution in [0.5, 0.6) is 0 Å². The first-order valence-corrected chi connectivity index (χ1v) is 6.69. The molecule has 0 saturated heterocycles. The molecule has 0 atom stereocenters. The zero-order chi connectivity index (χ0) is 11.9. The van der Waals surface area contributed by atoms with Crippen molar-refractivity contribution in [1.29, 1.82) is 0 Å². The van der Waals surface area contributed by atoms with Crippen molar-refractivity contribution >= 4 is 11.8 Å². The summed E-state index contributed by atoms with van der Waals surface area (Å²) in [7, 11) is 0. The minimum absolute atomic E-state index is 0.723. The molecule has 0 radical (unpaired) electrons. The molecule has 1 aromatic rings. The average Bonchev–Trinajstić information content (AvgIpc) is 2.30. The smallest absolute Gasteiger partial charge is 0.224 e. The summed E-state index contributed by atoms with van der Waals surface area (Å²) in [5.74, 6) is 2.60. The molecule has 0 amide bonds. The largest absolute Gasteiger partial charge is 0.370 e. The Morgan fingerprint density at radius 1 is 1.29 bits per heavy atom. The monoisotopic (exact) mass is 234 g/mol. The molecule has 2 N–H and O–H groups in total. The molecular weight excluding hydrogens is 212 g/mol. The fraction of sp³-hybridized carbons (Fsp3) is 0.692. The van der Waals surface area contributed by atoms with Gasteiger partial charge < -0.3 is 10.6 Å². The van der Waals surface area contributed by atoms with Gasteiger partial charge in [0.25, 0.3) is 0 Å². The van der Waals surface area contributed by atoms with E-state index < -0.39 is 0 Å². The van der Waals surface area contributed by atoms with Crippen LogP contribution in [0.4, 0.5) is 11.8 Å². The molecule has 0 aliphatic heterocycles. The van der Waals surface area contributed by atoms with Crippen molar-refractivity contribution in [3.8, 4) is 0 Å². The van der Waals surface area contributed by atoms with Gasteiger partial charge in [0, 0.05) is 19.3 Å². The van der Waals surface area contributed by atoms with Crippen LogP contribution in [0.25, 0.3) is 0 Å². The normalized spacial score (nSPS) is 15.4. The molecule has 94 valence electrons. The molecule has 1 heterocycles. The third kappa shape index (κ3) is 3.88. The zero-order valence-electron chi connectivity index (χ0n) is 10.6. The summed E-state index contributed by atoms with van der Waals surface area (Å²) in [6.07, 6.45) is 8.40. The fourth-order valence-electron chi connectivity index (χ4n) is 1.96. The molecule has 1 aliphatic carbocycles. The second kappa shape index (κ2) is 6.42. The van der Waals surface area contributed by atoms with Crippen LogP contribution in [0, 0.1) is 5.92 Å². The fourth-order valence-corrected chi connectivity index (χ4v) is 1.96. The lowest BCUT2D eigenvalue weighted by Crippen LogP contribution is -2.16. The predicted molar refractivity (Wildman–Crippen MR) is 71.3 cm³/mol. The third-order valence-corrected chi connectivity index (χ3v) is 3.27. The van der Waals surface area contributed by atoms with Gasteiger partial charge in [0.15, 0.2) is 0 Å². The van der Waals surface area contributed by atoms with Gasteiger partial charge in [-0.25, -0.2) is 4.98 Å². The van der Waals surface area contributed by atoms with Crippen molar-refractivity contribution in [2.45, 2.75) is 39.0 Å². The second-order valence-electron chi connectivity index (χ2n) is 4.70. The highest BCUT2D eigenvalue weighted by Crippen LogP contribution is 2.29. The molecule has 0 unspecified atom stereocenters. The van der Waals surface area contributed by atoms with E-state index in [0.717, 1.165) is 37.2 Å². The van der Waals surface area contributed by atoms with E-state index in [2.05, 4.69) is 27.5 Å². The summed E-state index contributed by atoms with van der Waals surface area (Å²) in [6.45, 7) is 4.08. The summed E-state index contributed by atoms with van der Waals surface area (Å²) in [4.78, 5) is 8.60. The number of hydrogen-bond donors (Lipinski definition) is 2. The summed E-state index contributed by atoms with van der Waals surface area (Å²) in [5, 5.41) is 6.56. The predicted octanol–water partition coefficient (Wildman–Crippen LogP) is 2.90. The Kier molecular flexibility index (Phi) is 4.59. The SMILES string of the molecule is CCCNc1nccc(NCCC2CCC2)n1. The Balaban J connectivity index is 1.74. The van der Waals surface area contributed by atoms with Crippen molar-refractivity contribution < 1.29 is 0 Å². The van der Waals surface area contributed by atoms with Crippen LogP contribution in [0.1, 0.15) is 39.0 Å². The second-order valence-corrected chi connectivity index (χ2v) is 4.70. The summed E-state index contributed by atoms with van der Waals surface area (Å²) in [6, 6.07) is 1.93. The highest BCUT2D eigenvalue weighted by Gasteiger charge is 2.16. The Bertz CT molecular complexity index is 336. The number of aromatic nitrogens is 2. The lowest BCUT2D eigenvalue weighted by atomic mass is 9.83. The molecule has 1 saturated carbocycles. The summed E-state index contributed by atoms with van der Waals surface area (Å²) < 4.78 is 0. The first kappa shape index (κ1) is 12.1. The van der Waals surface area contributed by atoms with E-state index in [1.165, 1.54) is 25.7 Å². The molecule has 0 spiro atoms. The standard InChI is InChI=1S/C13H22N4/c1-2-8-15-13-16-10-7-12(17-13)14-9-6-11-4-3-5-11/h7,10-11H,2-6,8-9H2,1H3,(H2,14,15,16,17). The number of nitrogens with one attached hydrogen (secondary N) is 2. The number of hydrogen-bond acceptors (Lipinski definition) is 4. The van der Waals surface area contributed by atoms with Gasteiger partial charge in [-0.05, 0) is 24.8 Å². The van der Waals surface area contributed by atoms with Gasteiger partial charge in [-0.1, -0.05) is 26.2 Å². The van der Waals surface area contributed by atoms with Gasteiger partial charge in [-0.15, -0.1) is 0 Å². The molecule has 1 aliphatic rings. The van der Waals surface area contributed by atoms with E-state index in [1.807, 2.05) is 6.07 Å². The number of nitrogens with zero attached hydrogens (tertiary/aromatic N) is 2. The maximum atomic E-state index is 4.42. The zero-order valence-corrected chi connectivity index (χ0v) is 10.6. The lowest BCUT2D eigenvalue weighted by Gasteiger charge is -2.25. The topological polar surface area (TPSA) is 49.8 Å². The Morgan fingerprint density at radius 3 is 2.88 bits per heavy atom. The van der Waals surface area contributed by atoms with Gasteiger partial charge in [-0.2, -0.15) is 4.98 Å². The maximum absolute atomic E-state index is 4.42. The molecule has 0 aromatic carbocycles. The highest BCUT2D eigenvalue weighted by atomic mass is 15.1. The molecule has 1 fully saturated rings. The van der Waals surface area contributed by atoms with Gasteiger partial charge in [0.1, 0.15) is 5.82 Å². The Labute approximate surface area is 103 Å². The van der Waals surface area contributed by atoms with Crippen molar-refractivity contribution in [2.24, 2.45) is 5.92 Å². The van der Waals surface area contributed by atoms with E-state index in [4.69, 9.17) is 0 Å². The van der Waals surface area contributed by atoms with Crippen molar-refractivity contribution in [1.82, 2.24) is 9.97 Å². The Hall–Kier alpha value is -1.32. The molecular formula is C13H22N4. The summed E-state index contributed by atoms with van der Waals surface area (Å²) in [5.41, 5.74) is 0. The van der Waals surface area contributed by atoms with Crippen molar-refractivity contribution in [3.63, 3.8) is 0 Å². The minimum atomic E-state index is 0.723. The van der Waals surface area contributed by atoms with E-state index in [0.29, 0.717) is 0 Å². The first-order chi connectivity index (χ1) is 8.38. The van der Waals surface area contributed by atoms with Crippen LogP contribution < -0.4 is 10.6 Å². The van der Waals surface area contributed by atoms with E-state index in [1.54, 1.807) is 6.20 Å². The van der Waals surface area contributed by atoms with Crippen molar-refractivity contribution in [2.75, 3.05) is 23.7 Å². The molecule has 0 bridgehead atoms. The molecule has 4 nitrogen and oxygen atoms in total. The van der Waals surface area contributed by atoms with E-state index in [-0.39, 0.29) is 0 Å². The molecule has 1 aromatic heterocycles. The van der Waals surface area contributed by atoms with Crippen LogP contribution in [0.2, 0.25) is 0 Å². The number of anilines is 2. The quantitative estimate of drug-likeness (QED) is 0.761. The summed E-state index contributed by atoms with van der Waals surface area (Å²) >= 11 is 0. The number of rotatable bonds is 7. The highest BCUT2D eigenvalue weighted by molar-refractivity contribution is 5.39. The lowest BCUT2D eigenvalue weighted by molar-refractivity contribution is 0.303. The molecule has 4 heteroatoms. The average molecular weight is 234 g/mol. The Morgan fingerprint density at radius 2 is 2.18 bits per heavy atom. The molecule has 2 rings (SSSR count). The van der Waals surface area contributed by atoms with Crippen LogP contribution in [-0.4, -0.2) is 23.1 Å². The van der Waals surface area contributed by atoms with E-state index >= 15 is 0 Å². The van der Waals surface area contributed by atoms with Gasteiger partial charge >= 0.3 is 0 Å². The molecule has 17 heavy (non-hydrogen) atoms. The minimum Gasteiger partial charge on any atom is -0.370 e. The van der Waals surface area contributed by atoms with Crippen LogP contribution in [0.15, 0.2) is 12.3 Å². The third-order valence-electron chi connectivity index (χ3n) is 3.27.